The quantitative estimate of drug-likeness (QED) is 0.898. The molecule has 1 fully saturated rings. The highest BCUT2D eigenvalue weighted by Crippen LogP contribution is 2.31. The maximum absolute atomic E-state index is 13.8. The molecule has 3 atom stereocenters. The number of rotatable bonds is 3. The van der Waals surface area contributed by atoms with Crippen molar-refractivity contribution < 1.29 is 8.78 Å². The summed E-state index contributed by atoms with van der Waals surface area (Å²) in [5.74, 6) is 0.343. The first-order chi connectivity index (χ1) is 8.52. The van der Waals surface area contributed by atoms with Crippen LogP contribution in [0, 0.1) is 23.5 Å². The summed E-state index contributed by atoms with van der Waals surface area (Å²) in [6.07, 6.45) is 0. The molecule has 0 aromatic heterocycles. The summed E-state index contributed by atoms with van der Waals surface area (Å²) in [5, 5.41) is 0. The lowest BCUT2D eigenvalue weighted by molar-refractivity contribution is 0.234. The second kappa shape index (κ2) is 5.33. The second-order valence-corrected chi connectivity index (χ2v) is 5.33. The monoisotopic (exact) mass is 254 g/mol. The molecule has 0 bridgehead atoms. The summed E-state index contributed by atoms with van der Waals surface area (Å²) in [4.78, 5) is 2.16. The molecule has 0 aliphatic carbocycles. The zero-order valence-electron chi connectivity index (χ0n) is 10.9. The number of likely N-dealkylation sites (tertiary alicyclic amines) is 1. The maximum Gasteiger partial charge on any atom is 0.128 e. The van der Waals surface area contributed by atoms with E-state index in [0.29, 0.717) is 23.9 Å². The molecule has 0 saturated carbocycles. The van der Waals surface area contributed by atoms with Crippen LogP contribution in [0.2, 0.25) is 0 Å². The second-order valence-electron chi connectivity index (χ2n) is 5.33. The van der Waals surface area contributed by atoms with Crippen LogP contribution in [0.5, 0.6) is 0 Å². The molecular weight excluding hydrogens is 234 g/mol. The smallest absolute Gasteiger partial charge is 0.128 e. The lowest BCUT2D eigenvalue weighted by atomic mass is 10.0. The Balaban J connectivity index is 2.26. The van der Waals surface area contributed by atoms with Crippen molar-refractivity contribution in [1.29, 1.82) is 0 Å². The van der Waals surface area contributed by atoms with Gasteiger partial charge in [0.2, 0.25) is 0 Å². The number of hydrogen-bond acceptors (Lipinski definition) is 2. The van der Waals surface area contributed by atoms with Crippen molar-refractivity contribution in [3.8, 4) is 0 Å². The third-order valence-corrected chi connectivity index (χ3v) is 4.00. The van der Waals surface area contributed by atoms with Crippen LogP contribution in [-0.2, 0) is 0 Å². The summed E-state index contributed by atoms with van der Waals surface area (Å²) in [6.45, 7) is 6.44. The van der Waals surface area contributed by atoms with Gasteiger partial charge in [-0.15, -0.1) is 0 Å². The first-order valence-electron chi connectivity index (χ1n) is 6.42. The maximum atomic E-state index is 13.8. The Morgan fingerprint density at radius 2 is 1.89 bits per heavy atom. The molecule has 18 heavy (non-hydrogen) atoms. The average Bonchev–Trinajstić information content (AvgIpc) is 2.65. The van der Waals surface area contributed by atoms with E-state index >= 15 is 0 Å². The summed E-state index contributed by atoms with van der Waals surface area (Å²) >= 11 is 0. The van der Waals surface area contributed by atoms with Gasteiger partial charge in [0.15, 0.2) is 0 Å². The summed E-state index contributed by atoms with van der Waals surface area (Å²) in [5.41, 5.74) is 6.14. The number of nitrogens with two attached hydrogens (primary N) is 1. The minimum Gasteiger partial charge on any atom is -0.329 e. The molecule has 2 N–H and O–H groups in total. The van der Waals surface area contributed by atoms with Crippen molar-refractivity contribution in [1.82, 2.24) is 4.90 Å². The number of hydrogen-bond donors (Lipinski definition) is 1. The van der Waals surface area contributed by atoms with Crippen LogP contribution in [0.4, 0.5) is 8.78 Å². The molecule has 1 aliphatic rings. The van der Waals surface area contributed by atoms with Gasteiger partial charge in [-0.1, -0.05) is 13.8 Å². The molecule has 0 radical (unpaired) electrons. The van der Waals surface area contributed by atoms with Gasteiger partial charge in [0.1, 0.15) is 11.6 Å². The van der Waals surface area contributed by atoms with Gasteiger partial charge in [-0.3, -0.25) is 4.90 Å². The van der Waals surface area contributed by atoms with E-state index in [1.165, 1.54) is 12.1 Å². The molecule has 100 valence electrons. The van der Waals surface area contributed by atoms with Crippen molar-refractivity contribution in [2.24, 2.45) is 17.6 Å². The van der Waals surface area contributed by atoms with Crippen LogP contribution in [0.1, 0.15) is 25.5 Å². The Labute approximate surface area is 107 Å². The van der Waals surface area contributed by atoms with Crippen LogP contribution < -0.4 is 5.73 Å². The van der Waals surface area contributed by atoms with Crippen LogP contribution in [0.3, 0.4) is 0 Å². The topological polar surface area (TPSA) is 29.3 Å². The van der Waals surface area contributed by atoms with E-state index in [9.17, 15) is 8.78 Å². The predicted molar refractivity (Wildman–Crippen MR) is 68.1 cm³/mol. The largest absolute Gasteiger partial charge is 0.329 e. The van der Waals surface area contributed by atoms with E-state index in [0.717, 1.165) is 19.2 Å². The predicted octanol–water partition coefficient (Wildman–Crippen LogP) is 2.55. The SMILES string of the molecule is CC1CN(C(CN)c2cc(F)ccc2F)CC1C. The van der Waals surface area contributed by atoms with E-state index in [2.05, 4.69) is 18.7 Å². The Morgan fingerprint density at radius 1 is 1.28 bits per heavy atom. The van der Waals surface area contributed by atoms with Crippen molar-refractivity contribution in [3.63, 3.8) is 0 Å². The van der Waals surface area contributed by atoms with Crippen molar-refractivity contribution >= 4 is 0 Å². The highest BCUT2D eigenvalue weighted by atomic mass is 19.1. The van der Waals surface area contributed by atoms with E-state index in [-0.39, 0.29) is 11.9 Å². The summed E-state index contributed by atoms with van der Waals surface area (Å²) in [7, 11) is 0. The van der Waals surface area contributed by atoms with Crippen molar-refractivity contribution in [3.05, 3.63) is 35.4 Å². The lowest BCUT2D eigenvalue weighted by Crippen LogP contribution is -2.33. The molecule has 1 aromatic carbocycles. The molecular formula is C14H20F2N2. The van der Waals surface area contributed by atoms with Gasteiger partial charge in [-0.05, 0) is 30.0 Å². The summed E-state index contributed by atoms with van der Waals surface area (Å²) in [6, 6.07) is 3.35. The van der Waals surface area contributed by atoms with Gasteiger partial charge in [0.25, 0.3) is 0 Å². The number of nitrogens with zero attached hydrogens (tertiary/aromatic N) is 1. The molecule has 0 amide bonds. The van der Waals surface area contributed by atoms with Crippen LogP contribution in [-0.4, -0.2) is 24.5 Å². The molecule has 1 heterocycles. The molecule has 3 unspecified atom stereocenters. The van der Waals surface area contributed by atoms with Gasteiger partial charge in [-0.2, -0.15) is 0 Å². The molecule has 0 spiro atoms. The standard InChI is InChI=1S/C14H20F2N2/c1-9-7-18(8-10(9)2)14(6-17)12-5-11(15)3-4-13(12)16/h3-5,9-10,14H,6-8,17H2,1-2H3. The Kier molecular flexibility index (Phi) is 3.97. The zero-order chi connectivity index (χ0) is 13.3. The fourth-order valence-corrected chi connectivity index (χ4v) is 2.67. The first-order valence-corrected chi connectivity index (χ1v) is 6.42. The van der Waals surface area contributed by atoms with Crippen molar-refractivity contribution in [2.45, 2.75) is 19.9 Å². The average molecular weight is 254 g/mol. The summed E-state index contributed by atoms with van der Waals surface area (Å²) < 4.78 is 27.1. The molecule has 1 aliphatic heterocycles. The zero-order valence-corrected chi connectivity index (χ0v) is 10.9. The van der Waals surface area contributed by atoms with Gasteiger partial charge in [-0.25, -0.2) is 8.78 Å². The number of halogens is 2. The normalized spacial score (nSPS) is 26.5. The van der Waals surface area contributed by atoms with E-state index < -0.39 is 5.82 Å². The molecule has 1 aromatic rings. The van der Waals surface area contributed by atoms with Crippen LogP contribution in [0.25, 0.3) is 0 Å². The van der Waals surface area contributed by atoms with E-state index in [4.69, 9.17) is 5.73 Å². The molecule has 1 saturated heterocycles. The van der Waals surface area contributed by atoms with Gasteiger partial charge >= 0.3 is 0 Å². The van der Waals surface area contributed by atoms with Gasteiger partial charge in [0, 0.05) is 25.2 Å². The molecule has 4 heteroatoms. The minimum absolute atomic E-state index is 0.229. The lowest BCUT2D eigenvalue weighted by Gasteiger charge is -2.27. The fourth-order valence-electron chi connectivity index (χ4n) is 2.67. The highest BCUT2D eigenvalue weighted by molar-refractivity contribution is 5.23. The first kappa shape index (κ1) is 13.4. The Bertz CT molecular complexity index is 412. The Hall–Kier alpha value is -1.00. The van der Waals surface area contributed by atoms with E-state index in [1.54, 1.807) is 0 Å². The third kappa shape index (κ3) is 2.54. The van der Waals surface area contributed by atoms with Gasteiger partial charge < -0.3 is 5.73 Å². The van der Waals surface area contributed by atoms with Crippen LogP contribution >= 0.6 is 0 Å². The molecule has 2 rings (SSSR count). The molecule has 2 nitrogen and oxygen atoms in total. The van der Waals surface area contributed by atoms with Gasteiger partial charge in [0.05, 0.1) is 6.04 Å². The van der Waals surface area contributed by atoms with Crippen molar-refractivity contribution in [2.75, 3.05) is 19.6 Å². The Morgan fingerprint density at radius 3 is 2.44 bits per heavy atom. The van der Waals surface area contributed by atoms with E-state index in [1.807, 2.05) is 0 Å². The number of benzene rings is 1. The minimum atomic E-state index is -0.412. The third-order valence-electron chi connectivity index (χ3n) is 4.00. The van der Waals surface area contributed by atoms with Crippen LogP contribution in [0.15, 0.2) is 18.2 Å². The highest BCUT2D eigenvalue weighted by Gasteiger charge is 2.32. The fraction of sp³-hybridized carbons (Fsp3) is 0.571.